The van der Waals surface area contributed by atoms with Gasteiger partial charge in [0.05, 0.1) is 0 Å². The van der Waals surface area contributed by atoms with E-state index in [0.29, 0.717) is 0 Å². The van der Waals surface area contributed by atoms with Crippen molar-refractivity contribution in [2.45, 2.75) is 0 Å². The Morgan fingerprint density at radius 1 is 1.75 bits per heavy atom. The normalized spacial score (nSPS) is 11.1. The lowest BCUT2D eigenvalue weighted by atomic mass is 11.4. The molecular weight excluding hydrogens is 134 g/mol. The van der Waals surface area contributed by atoms with Crippen molar-refractivity contribution in [3.05, 3.63) is 0 Å². The van der Waals surface area contributed by atoms with E-state index >= 15 is 0 Å². The fraction of sp³-hybridized carbons (Fsp3) is 0. The Balaban J connectivity index is 4.42. The van der Waals surface area contributed by atoms with Crippen molar-refractivity contribution in [3.8, 4) is 0 Å². The minimum absolute atomic E-state index is 0.863. The summed E-state index contributed by atoms with van der Waals surface area (Å²) < 4.78 is 20.0. The van der Waals surface area contributed by atoms with Crippen LogP contribution in [-0.4, -0.2) is 18.8 Å². The molecule has 0 bridgehead atoms. The van der Waals surface area contributed by atoms with Crippen LogP contribution in [0.1, 0.15) is 0 Å². The first-order valence-corrected chi connectivity index (χ1v) is 2.99. The van der Waals surface area contributed by atoms with Crippen LogP contribution in [0.2, 0.25) is 0 Å². The molecule has 6 nitrogen and oxygen atoms in total. The summed E-state index contributed by atoms with van der Waals surface area (Å²) in [5.41, 5.74) is 4.45. The summed E-state index contributed by atoms with van der Waals surface area (Å²) in [6.07, 6.45) is 0. The average molecular weight is 139 g/mol. The van der Waals surface area contributed by atoms with Gasteiger partial charge in [-0.2, -0.15) is 0 Å². The molecule has 0 spiro atoms. The summed E-state index contributed by atoms with van der Waals surface area (Å²) in [5, 5.41) is 12.9. The van der Waals surface area contributed by atoms with E-state index in [2.05, 4.69) is 5.73 Å². The van der Waals surface area contributed by atoms with Gasteiger partial charge >= 0.3 is 0 Å². The summed E-state index contributed by atoms with van der Waals surface area (Å²) in [6.45, 7) is 0. The van der Waals surface area contributed by atoms with Crippen LogP contribution in [0.15, 0.2) is 0 Å². The number of rotatable bonds is 1. The molecule has 0 atom stereocenters. The predicted octanol–water partition coefficient (Wildman–Crippen LogP) is -1.81. The van der Waals surface area contributed by atoms with Crippen molar-refractivity contribution in [1.29, 1.82) is 5.41 Å². The van der Waals surface area contributed by atoms with Gasteiger partial charge in [-0.05, 0) is 0 Å². The number of nitrogens with one attached hydrogen (secondary N) is 2. The van der Waals surface area contributed by atoms with Gasteiger partial charge in [0.15, 0.2) is 0 Å². The molecule has 0 aromatic rings. The van der Waals surface area contributed by atoms with Gasteiger partial charge in [0.25, 0.3) is 10.0 Å². The number of sulfonamides is 1. The van der Waals surface area contributed by atoms with E-state index in [1.807, 2.05) is 0 Å². The highest BCUT2D eigenvalue weighted by molar-refractivity contribution is 8.04. The fourth-order valence-electron chi connectivity index (χ4n) is 0.0492. The number of amidine groups is 1. The second-order valence-electron chi connectivity index (χ2n) is 0.959. The molecule has 5 N–H and O–H groups in total. The van der Waals surface area contributed by atoms with Gasteiger partial charge in [0, 0.05) is 0 Å². The Hall–Kier alpha value is -0.660. The minimum Gasteiger partial charge on any atom is -0.373 e. The molecule has 0 aromatic carbocycles. The zero-order valence-corrected chi connectivity index (χ0v) is 4.57. The maximum Gasteiger partial charge on any atom is 0.294 e. The third-order valence-corrected chi connectivity index (χ3v) is 1.23. The van der Waals surface area contributed by atoms with Crippen LogP contribution in [0.3, 0.4) is 0 Å². The number of hydrogen-bond donors (Lipinski definition) is 4. The standard InChI is InChI=1S/CH5N3O3S/c2-1(3)8(6,7)4-5/h4-5H,(H3,2,3). The molecule has 7 heteroatoms. The van der Waals surface area contributed by atoms with E-state index in [9.17, 15) is 8.42 Å². The van der Waals surface area contributed by atoms with Crippen molar-refractivity contribution >= 4 is 15.2 Å². The minimum atomic E-state index is -4.07. The number of hydrogen-bond acceptors (Lipinski definition) is 4. The van der Waals surface area contributed by atoms with Crippen LogP contribution in [0.4, 0.5) is 0 Å². The Bertz CT molecular complexity index is 181. The van der Waals surface area contributed by atoms with Gasteiger partial charge < -0.3 is 10.9 Å². The molecule has 0 rings (SSSR count). The van der Waals surface area contributed by atoms with Crippen molar-refractivity contribution in [1.82, 2.24) is 4.89 Å². The first-order chi connectivity index (χ1) is 3.50. The van der Waals surface area contributed by atoms with Gasteiger partial charge in [-0.15, -0.1) is 0 Å². The Labute approximate surface area is 45.8 Å². The zero-order chi connectivity index (χ0) is 6.78. The van der Waals surface area contributed by atoms with Gasteiger partial charge in [0.1, 0.15) is 0 Å². The third-order valence-electron chi connectivity index (χ3n) is 0.410. The van der Waals surface area contributed by atoms with Crippen molar-refractivity contribution in [2.75, 3.05) is 0 Å². The zero-order valence-electron chi connectivity index (χ0n) is 3.75. The second kappa shape index (κ2) is 2.07. The summed E-state index contributed by atoms with van der Waals surface area (Å²) in [6, 6.07) is 0. The molecule has 0 saturated heterocycles. The highest BCUT2D eigenvalue weighted by atomic mass is 32.2. The van der Waals surface area contributed by atoms with Crippen LogP contribution in [0.25, 0.3) is 0 Å². The number of nitrogens with two attached hydrogens (primary N) is 1. The van der Waals surface area contributed by atoms with Crippen LogP contribution in [0.5, 0.6) is 0 Å². The van der Waals surface area contributed by atoms with Gasteiger partial charge in [0.2, 0.25) is 5.17 Å². The van der Waals surface area contributed by atoms with Gasteiger partial charge in [-0.25, -0.2) is 8.42 Å². The van der Waals surface area contributed by atoms with Crippen molar-refractivity contribution in [3.63, 3.8) is 0 Å². The van der Waals surface area contributed by atoms with E-state index in [4.69, 9.17) is 10.6 Å². The summed E-state index contributed by atoms with van der Waals surface area (Å²) in [7, 11) is -4.07. The predicted molar refractivity (Wildman–Crippen MR) is 25.8 cm³/mol. The van der Waals surface area contributed by atoms with Crippen molar-refractivity contribution in [2.24, 2.45) is 5.73 Å². The molecule has 0 aliphatic carbocycles. The molecule has 0 unspecified atom stereocenters. The Morgan fingerprint density at radius 3 is 2.12 bits per heavy atom. The molecule has 8 heavy (non-hydrogen) atoms. The molecule has 0 amide bonds. The molecular formula is CH5N3O3S. The first kappa shape index (κ1) is 7.34. The molecule has 0 aliphatic rings. The lowest BCUT2D eigenvalue weighted by Crippen LogP contribution is -2.32. The maximum atomic E-state index is 9.99. The van der Waals surface area contributed by atoms with Gasteiger partial charge in [-0.3, -0.25) is 5.41 Å². The molecule has 0 aliphatic heterocycles. The molecule has 0 heterocycles. The van der Waals surface area contributed by atoms with Gasteiger partial charge in [-0.1, -0.05) is 4.89 Å². The topological polar surface area (TPSA) is 116 Å². The van der Waals surface area contributed by atoms with E-state index in [0.717, 1.165) is 4.89 Å². The van der Waals surface area contributed by atoms with E-state index in [-0.39, 0.29) is 0 Å². The molecule has 0 aromatic heterocycles. The third kappa shape index (κ3) is 1.45. The first-order valence-electron chi connectivity index (χ1n) is 1.50. The average Bonchev–Trinajstić information content (AvgIpc) is 1.67. The monoisotopic (exact) mass is 139 g/mol. The highest BCUT2D eigenvalue weighted by Crippen LogP contribution is 1.74. The molecule has 0 radical (unpaired) electrons. The van der Waals surface area contributed by atoms with Crippen LogP contribution >= 0.6 is 0 Å². The molecule has 0 saturated carbocycles. The highest BCUT2D eigenvalue weighted by Gasteiger charge is 2.10. The largest absolute Gasteiger partial charge is 0.373 e. The lowest BCUT2D eigenvalue weighted by Gasteiger charge is -1.93. The SMILES string of the molecule is N=C(N)S(=O)(=O)NO. The smallest absolute Gasteiger partial charge is 0.294 e. The quantitative estimate of drug-likeness (QED) is 0.194. The summed E-state index contributed by atoms with van der Waals surface area (Å²) >= 11 is 0. The van der Waals surface area contributed by atoms with E-state index < -0.39 is 15.2 Å². The summed E-state index contributed by atoms with van der Waals surface area (Å²) in [4.78, 5) is 0.863. The van der Waals surface area contributed by atoms with E-state index in [1.54, 1.807) is 0 Å². The lowest BCUT2D eigenvalue weighted by molar-refractivity contribution is 0.245. The van der Waals surface area contributed by atoms with E-state index in [1.165, 1.54) is 0 Å². The molecule has 48 valence electrons. The Kier molecular flexibility index (Phi) is 1.90. The Morgan fingerprint density at radius 2 is 2.12 bits per heavy atom. The maximum absolute atomic E-state index is 9.99. The van der Waals surface area contributed by atoms with Crippen LogP contribution in [0, 0.1) is 5.41 Å². The van der Waals surface area contributed by atoms with Crippen LogP contribution < -0.4 is 10.6 Å². The van der Waals surface area contributed by atoms with Crippen LogP contribution in [-0.2, 0) is 10.0 Å². The fourth-order valence-corrected chi connectivity index (χ4v) is 0.148. The molecule has 0 fully saturated rings. The summed E-state index contributed by atoms with van der Waals surface area (Å²) in [5.74, 6) is 0. The second-order valence-corrected chi connectivity index (χ2v) is 2.59. The van der Waals surface area contributed by atoms with Crippen molar-refractivity contribution < 1.29 is 13.6 Å².